The predicted octanol–water partition coefficient (Wildman–Crippen LogP) is 25.1. The van der Waals surface area contributed by atoms with Crippen LogP contribution in [0.4, 0.5) is 0 Å². The van der Waals surface area contributed by atoms with E-state index in [0.29, 0.717) is 25.7 Å². The molecule has 17 nitrogen and oxygen atoms in total. The summed E-state index contributed by atoms with van der Waals surface area (Å²) in [4.78, 5) is 73.0. The van der Waals surface area contributed by atoms with Gasteiger partial charge in [-0.2, -0.15) is 0 Å². The normalized spacial score (nSPS) is 13.9. The quantitative estimate of drug-likeness (QED) is 0.0222. The first-order chi connectivity index (χ1) is 49.4. The third-order valence-electron chi connectivity index (χ3n) is 19.5. The molecule has 0 spiro atoms. The van der Waals surface area contributed by atoms with Crippen LogP contribution >= 0.6 is 15.6 Å². The van der Waals surface area contributed by atoms with Crippen LogP contribution in [0, 0.1) is 11.8 Å². The second kappa shape index (κ2) is 74.5. The van der Waals surface area contributed by atoms with Crippen molar-refractivity contribution >= 4 is 39.5 Å². The van der Waals surface area contributed by atoms with Gasteiger partial charge in [-0.1, -0.05) is 388 Å². The van der Waals surface area contributed by atoms with Crippen molar-refractivity contribution in [3.05, 3.63) is 0 Å². The standard InChI is InChI=1S/C83H162O17P2/c1-7-9-11-13-15-17-33-41-47-53-59-65-80(85)93-71-78(99-82(87)67-61-55-49-43-34-18-16-14-12-10-8-2)73-97-101(89,90)95-69-77(84)70-96-102(91,92)98-74-79(72-94-81(86)66-60-54-48-42-37-31-27-24-23-26-30-36-40-46-52-58-64-76(5)6)100-83(88)68-62-56-50-44-38-32-28-22-20-19-21-25-29-35-39-45-51-57-63-75(3)4/h75-79,84H,7-74H2,1-6H3,(H,89,90)(H,91,92)/t77-,78+,79+/m0/s1. The number of hydrogen-bond donors (Lipinski definition) is 3. The number of hydrogen-bond acceptors (Lipinski definition) is 15. The Labute approximate surface area is 626 Å². The summed E-state index contributed by atoms with van der Waals surface area (Å²) in [6, 6.07) is 0. The lowest BCUT2D eigenvalue weighted by molar-refractivity contribution is -0.161. The third kappa shape index (κ3) is 76.3. The first-order valence-electron chi connectivity index (χ1n) is 43.0. The summed E-state index contributed by atoms with van der Waals surface area (Å²) in [5.41, 5.74) is 0. The minimum Gasteiger partial charge on any atom is -0.462 e. The zero-order chi connectivity index (χ0) is 74.9. The monoisotopic (exact) mass is 1490 g/mol. The van der Waals surface area contributed by atoms with E-state index in [1.165, 1.54) is 257 Å². The van der Waals surface area contributed by atoms with E-state index in [0.717, 1.165) is 102 Å². The Morgan fingerprint density at radius 1 is 0.265 bits per heavy atom. The number of carbonyl (C=O) groups is 4. The van der Waals surface area contributed by atoms with Gasteiger partial charge in [0.25, 0.3) is 0 Å². The summed E-state index contributed by atoms with van der Waals surface area (Å²) in [5.74, 6) is -0.472. The number of rotatable bonds is 82. The van der Waals surface area contributed by atoms with Crippen LogP contribution in [0.25, 0.3) is 0 Å². The maximum absolute atomic E-state index is 13.1. The fourth-order valence-corrected chi connectivity index (χ4v) is 14.5. The molecule has 0 aromatic carbocycles. The molecule has 2 unspecified atom stereocenters. The highest BCUT2D eigenvalue weighted by atomic mass is 31.2. The van der Waals surface area contributed by atoms with E-state index in [2.05, 4.69) is 41.5 Å². The number of aliphatic hydroxyl groups excluding tert-OH is 1. The van der Waals surface area contributed by atoms with Crippen LogP contribution in [-0.2, 0) is 65.4 Å². The molecule has 606 valence electrons. The van der Waals surface area contributed by atoms with Gasteiger partial charge in [0.15, 0.2) is 12.2 Å². The Morgan fingerprint density at radius 3 is 0.667 bits per heavy atom. The molecule has 19 heteroatoms. The molecule has 102 heavy (non-hydrogen) atoms. The minimum absolute atomic E-state index is 0.107. The van der Waals surface area contributed by atoms with Crippen LogP contribution in [0.2, 0.25) is 0 Å². The zero-order valence-corrected chi connectivity index (χ0v) is 68.7. The van der Waals surface area contributed by atoms with Crippen molar-refractivity contribution in [1.82, 2.24) is 0 Å². The fourth-order valence-electron chi connectivity index (χ4n) is 12.9. The van der Waals surface area contributed by atoms with Crippen molar-refractivity contribution in [2.45, 2.75) is 458 Å². The van der Waals surface area contributed by atoms with Gasteiger partial charge in [0, 0.05) is 25.7 Å². The predicted molar refractivity (Wildman–Crippen MR) is 418 cm³/mol. The zero-order valence-electron chi connectivity index (χ0n) is 66.9. The fraction of sp³-hybridized carbons (Fsp3) is 0.952. The lowest BCUT2D eigenvalue weighted by Crippen LogP contribution is -2.30. The molecule has 0 aliphatic heterocycles. The Morgan fingerprint density at radius 2 is 0.451 bits per heavy atom. The van der Waals surface area contributed by atoms with Crippen LogP contribution in [0.3, 0.4) is 0 Å². The van der Waals surface area contributed by atoms with Gasteiger partial charge in [0.1, 0.15) is 19.3 Å². The van der Waals surface area contributed by atoms with Crippen molar-refractivity contribution in [2.24, 2.45) is 11.8 Å². The Bertz CT molecular complexity index is 1960. The summed E-state index contributed by atoms with van der Waals surface area (Å²) >= 11 is 0. The molecule has 0 aromatic rings. The van der Waals surface area contributed by atoms with Crippen LogP contribution in [0.15, 0.2) is 0 Å². The van der Waals surface area contributed by atoms with Gasteiger partial charge in [-0.15, -0.1) is 0 Å². The lowest BCUT2D eigenvalue weighted by Gasteiger charge is -2.21. The molecule has 0 amide bonds. The number of aliphatic hydroxyl groups is 1. The van der Waals surface area contributed by atoms with E-state index in [4.69, 9.17) is 37.0 Å². The topological polar surface area (TPSA) is 237 Å². The van der Waals surface area contributed by atoms with E-state index >= 15 is 0 Å². The Hall–Kier alpha value is -1.94. The van der Waals surface area contributed by atoms with Gasteiger partial charge in [0.2, 0.25) is 0 Å². The van der Waals surface area contributed by atoms with Crippen molar-refractivity contribution in [2.75, 3.05) is 39.6 Å². The molecular formula is C83H162O17P2. The van der Waals surface area contributed by atoms with E-state index in [-0.39, 0.29) is 25.7 Å². The van der Waals surface area contributed by atoms with Crippen molar-refractivity contribution in [3.63, 3.8) is 0 Å². The molecule has 0 aromatic heterocycles. The maximum atomic E-state index is 13.1. The SMILES string of the molecule is CCCCCCCCCCCCCC(=O)OC[C@H](COP(=O)(O)OC[C@H](O)COP(=O)(O)OC[C@@H](COC(=O)CCCCCCCCCCCCCCCCCCC(C)C)OC(=O)CCCCCCCCCCCCCCCCCCCCC(C)C)OC(=O)CCCCCCCCCCCCC. The molecule has 0 saturated carbocycles. The summed E-state index contributed by atoms with van der Waals surface area (Å²) in [6.45, 7) is 9.71. The van der Waals surface area contributed by atoms with Crippen molar-refractivity contribution < 1.29 is 80.2 Å². The molecule has 0 aliphatic carbocycles. The highest BCUT2D eigenvalue weighted by Crippen LogP contribution is 2.45. The first kappa shape index (κ1) is 100. The molecule has 0 radical (unpaired) electrons. The molecule has 0 aliphatic rings. The molecule has 0 bridgehead atoms. The van der Waals surface area contributed by atoms with Gasteiger partial charge in [-0.05, 0) is 37.5 Å². The van der Waals surface area contributed by atoms with E-state index < -0.39 is 97.5 Å². The van der Waals surface area contributed by atoms with Crippen LogP contribution in [0.1, 0.15) is 440 Å². The van der Waals surface area contributed by atoms with E-state index in [1.54, 1.807) is 0 Å². The third-order valence-corrected chi connectivity index (χ3v) is 21.4. The largest absolute Gasteiger partial charge is 0.472 e. The Kier molecular flexibility index (Phi) is 73.1. The van der Waals surface area contributed by atoms with Crippen LogP contribution in [-0.4, -0.2) is 96.7 Å². The van der Waals surface area contributed by atoms with Gasteiger partial charge < -0.3 is 33.8 Å². The van der Waals surface area contributed by atoms with E-state index in [9.17, 15) is 43.2 Å². The molecule has 0 saturated heterocycles. The minimum atomic E-state index is -4.96. The summed E-state index contributed by atoms with van der Waals surface area (Å²) in [7, 11) is -9.92. The number of ether oxygens (including phenoxy) is 4. The first-order valence-corrected chi connectivity index (χ1v) is 46.0. The van der Waals surface area contributed by atoms with Crippen LogP contribution in [0.5, 0.6) is 0 Å². The number of unbranched alkanes of at least 4 members (excludes halogenated alkanes) is 52. The number of carbonyl (C=O) groups excluding carboxylic acids is 4. The number of esters is 4. The van der Waals surface area contributed by atoms with Crippen LogP contribution < -0.4 is 0 Å². The van der Waals surface area contributed by atoms with Gasteiger partial charge in [-0.25, -0.2) is 9.13 Å². The van der Waals surface area contributed by atoms with Crippen molar-refractivity contribution in [3.8, 4) is 0 Å². The van der Waals surface area contributed by atoms with Gasteiger partial charge in [0.05, 0.1) is 26.4 Å². The molecule has 3 N–H and O–H groups in total. The smallest absolute Gasteiger partial charge is 0.462 e. The second-order valence-corrected chi connectivity index (χ2v) is 33.7. The summed E-state index contributed by atoms with van der Waals surface area (Å²) in [5, 5.41) is 10.6. The maximum Gasteiger partial charge on any atom is 0.472 e. The van der Waals surface area contributed by atoms with E-state index in [1.807, 2.05) is 0 Å². The molecular weight excluding hydrogens is 1330 g/mol. The molecule has 0 heterocycles. The summed E-state index contributed by atoms with van der Waals surface area (Å²) in [6.07, 6.45) is 65.2. The summed E-state index contributed by atoms with van der Waals surface area (Å²) < 4.78 is 68.7. The molecule has 5 atom stereocenters. The molecule has 0 rings (SSSR count). The number of phosphoric ester groups is 2. The molecule has 0 fully saturated rings. The lowest BCUT2D eigenvalue weighted by atomic mass is 10.0. The highest BCUT2D eigenvalue weighted by molar-refractivity contribution is 7.47. The average molecular weight is 1490 g/mol. The number of phosphoric acid groups is 2. The van der Waals surface area contributed by atoms with Gasteiger partial charge >= 0.3 is 39.5 Å². The average Bonchev–Trinajstić information content (AvgIpc) is 0.939. The second-order valence-electron chi connectivity index (χ2n) is 30.8. The Balaban J connectivity index is 5.21. The van der Waals surface area contributed by atoms with Gasteiger partial charge in [-0.3, -0.25) is 37.3 Å². The van der Waals surface area contributed by atoms with Crippen molar-refractivity contribution in [1.29, 1.82) is 0 Å². The highest BCUT2D eigenvalue weighted by Gasteiger charge is 2.30.